The van der Waals surface area contributed by atoms with E-state index in [0.29, 0.717) is 0 Å². The van der Waals surface area contributed by atoms with E-state index in [0.717, 1.165) is 0 Å². The smallest absolute Gasteiger partial charge is 0.0388 e. The molecule has 0 amide bonds. The van der Waals surface area contributed by atoms with Crippen LogP contribution in [0, 0.1) is 0 Å². The van der Waals surface area contributed by atoms with Gasteiger partial charge in [0, 0.05) is 16.0 Å². The molecule has 0 heterocycles. The Hall–Kier alpha value is 0.270. The van der Waals surface area contributed by atoms with Crippen molar-refractivity contribution in [3.05, 3.63) is 11.8 Å². The summed E-state index contributed by atoms with van der Waals surface area (Å²) in [5.41, 5.74) is 1.62. The van der Waals surface area contributed by atoms with Crippen LogP contribution in [-0.2, 0) is 0 Å². The van der Waals surface area contributed by atoms with E-state index < -0.39 is 0 Å². The van der Waals surface area contributed by atoms with Crippen LogP contribution in [0.4, 0.5) is 0 Å². The van der Waals surface area contributed by atoms with Crippen molar-refractivity contribution in [1.82, 2.24) is 4.90 Å². The van der Waals surface area contributed by atoms with Gasteiger partial charge < -0.3 is 4.90 Å². The number of halogens is 1. The Kier molecular flexibility index (Phi) is 4.28. The fourth-order valence-electron chi connectivity index (χ4n) is 0.638. The average Bonchev–Trinajstić information content (AvgIpc) is 1.82. The standard InChI is InChI=1S/C11H22IN/c1-9(11(5,6)12)8-13(7)10(2,3)4/h8H,1-7H3/b9-8+. The molecule has 1 nitrogen and oxygen atoms in total. The van der Waals surface area contributed by atoms with Crippen LogP contribution in [0.15, 0.2) is 11.8 Å². The van der Waals surface area contributed by atoms with E-state index in [4.69, 9.17) is 0 Å². The van der Waals surface area contributed by atoms with Crippen molar-refractivity contribution < 1.29 is 0 Å². The van der Waals surface area contributed by atoms with Gasteiger partial charge in [0.2, 0.25) is 0 Å². The maximum absolute atomic E-state index is 2.47. The van der Waals surface area contributed by atoms with Crippen molar-refractivity contribution in [3.63, 3.8) is 0 Å². The lowest BCUT2D eigenvalue weighted by Gasteiger charge is -2.33. The Labute approximate surface area is 96.7 Å². The molecule has 0 aliphatic carbocycles. The summed E-state index contributed by atoms with van der Waals surface area (Å²) in [7, 11) is 2.13. The number of nitrogens with zero attached hydrogens (tertiary/aromatic N) is 1. The summed E-state index contributed by atoms with van der Waals surface area (Å²) in [6, 6.07) is 0. The molecule has 0 bridgehead atoms. The molecule has 0 unspecified atom stereocenters. The zero-order valence-corrected chi connectivity index (χ0v) is 12.1. The second kappa shape index (κ2) is 4.20. The van der Waals surface area contributed by atoms with Crippen LogP contribution in [0.3, 0.4) is 0 Å². The summed E-state index contributed by atoms with van der Waals surface area (Å²) >= 11 is 2.47. The number of alkyl halides is 1. The van der Waals surface area contributed by atoms with Crippen LogP contribution < -0.4 is 0 Å². The number of hydrogen-bond acceptors (Lipinski definition) is 1. The summed E-state index contributed by atoms with van der Waals surface area (Å²) in [4.78, 5) is 2.27. The van der Waals surface area contributed by atoms with Gasteiger partial charge in [-0.1, -0.05) is 22.6 Å². The summed E-state index contributed by atoms with van der Waals surface area (Å²) < 4.78 is 0.247. The van der Waals surface area contributed by atoms with E-state index in [2.05, 4.69) is 82.3 Å². The number of allylic oxidation sites excluding steroid dienone is 1. The van der Waals surface area contributed by atoms with Crippen molar-refractivity contribution in [2.45, 2.75) is 50.5 Å². The first-order chi connectivity index (χ1) is 5.55. The van der Waals surface area contributed by atoms with E-state index in [-0.39, 0.29) is 8.96 Å². The minimum Gasteiger partial charge on any atom is -0.376 e. The lowest BCUT2D eigenvalue weighted by atomic mass is 10.0. The highest BCUT2D eigenvalue weighted by molar-refractivity contribution is 14.1. The Bertz CT molecular complexity index is 193. The van der Waals surface area contributed by atoms with Crippen LogP contribution in [0.25, 0.3) is 0 Å². The fraction of sp³-hybridized carbons (Fsp3) is 0.818. The van der Waals surface area contributed by atoms with Gasteiger partial charge in [0.25, 0.3) is 0 Å². The van der Waals surface area contributed by atoms with Crippen molar-refractivity contribution in [2.24, 2.45) is 0 Å². The first kappa shape index (κ1) is 13.3. The molecule has 0 spiro atoms. The highest BCUT2D eigenvalue weighted by atomic mass is 127. The zero-order valence-electron chi connectivity index (χ0n) is 9.90. The lowest BCUT2D eigenvalue weighted by Crippen LogP contribution is -2.34. The molecule has 0 aromatic heterocycles. The van der Waals surface area contributed by atoms with Gasteiger partial charge in [0.15, 0.2) is 0 Å². The third kappa shape index (κ3) is 4.89. The largest absolute Gasteiger partial charge is 0.376 e. The topological polar surface area (TPSA) is 3.24 Å². The summed E-state index contributed by atoms with van der Waals surface area (Å²) in [5, 5.41) is 0. The highest BCUT2D eigenvalue weighted by Crippen LogP contribution is 2.27. The maximum Gasteiger partial charge on any atom is 0.0388 e. The molecule has 0 N–H and O–H groups in total. The Morgan fingerprint density at radius 3 is 1.77 bits per heavy atom. The summed E-state index contributed by atoms with van der Waals surface area (Å²) in [6.45, 7) is 13.3. The molecule has 78 valence electrons. The Morgan fingerprint density at radius 1 is 1.15 bits per heavy atom. The fourth-order valence-corrected chi connectivity index (χ4v) is 0.777. The summed E-state index contributed by atoms with van der Waals surface area (Å²) in [5.74, 6) is 0. The summed E-state index contributed by atoms with van der Waals surface area (Å²) in [6.07, 6.45) is 2.24. The lowest BCUT2D eigenvalue weighted by molar-refractivity contribution is 0.247. The minimum atomic E-state index is 0.211. The normalized spacial score (nSPS) is 14.6. The molecule has 0 aliphatic rings. The van der Waals surface area contributed by atoms with Crippen LogP contribution in [0.1, 0.15) is 41.5 Å². The molecule has 0 saturated carbocycles. The molecular weight excluding hydrogens is 273 g/mol. The van der Waals surface area contributed by atoms with Gasteiger partial charge in [-0.3, -0.25) is 0 Å². The third-order valence-electron chi connectivity index (χ3n) is 2.38. The van der Waals surface area contributed by atoms with E-state index in [1.54, 1.807) is 0 Å². The molecular formula is C11H22IN. The van der Waals surface area contributed by atoms with E-state index in [1.165, 1.54) is 5.57 Å². The van der Waals surface area contributed by atoms with Crippen LogP contribution >= 0.6 is 22.6 Å². The van der Waals surface area contributed by atoms with Crippen LogP contribution in [0.5, 0.6) is 0 Å². The average molecular weight is 295 g/mol. The van der Waals surface area contributed by atoms with Crippen LogP contribution in [-0.4, -0.2) is 20.9 Å². The number of hydrogen-bond donors (Lipinski definition) is 0. The second-order valence-electron chi connectivity index (χ2n) is 5.07. The quantitative estimate of drug-likeness (QED) is 0.553. The van der Waals surface area contributed by atoms with Crippen molar-refractivity contribution >= 4 is 22.6 Å². The highest BCUT2D eigenvalue weighted by Gasteiger charge is 2.19. The van der Waals surface area contributed by atoms with Crippen LogP contribution in [0.2, 0.25) is 0 Å². The second-order valence-corrected chi connectivity index (χ2v) is 7.76. The predicted molar refractivity (Wildman–Crippen MR) is 69.4 cm³/mol. The van der Waals surface area contributed by atoms with Gasteiger partial charge in [-0.25, -0.2) is 0 Å². The SMILES string of the molecule is C/C(=C\N(C)C(C)(C)C)C(C)(C)I. The molecule has 0 aliphatic heterocycles. The van der Waals surface area contributed by atoms with Gasteiger partial charge in [0.1, 0.15) is 0 Å². The monoisotopic (exact) mass is 295 g/mol. The first-order valence-electron chi connectivity index (χ1n) is 4.66. The molecule has 0 saturated heterocycles. The Balaban J connectivity index is 4.59. The minimum absolute atomic E-state index is 0.211. The molecule has 0 fully saturated rings. The third-order valence-corrected chi connectivity index (χ3v) is 3.23. The molecule has 13 heavy (non-hydrogen) atoms. The molecule has 0 radical (unpaired) electrons. The number of rotatable bonds is 2. The van der Waals surface area contributed by atoms with E-state index >= 15 is 0 Å². The molecule has 0 aromatic rings. The van der Waals surface area contributed by atoms with Gasteiger partial charge >= 0.3 is 0 Å². The molecule has 0 aromatic carbocycles. The van der Waals surface area contributed by atoms with E-state index in [9.17, 15) is 0 Å². The van der Waals surface area contributed by atoms with Gasteiger partial charge in [-0.05, 0) is 53.3 Å². The predicted octanol–water partition coefficient (Wildman–Crippen LogP) is 3.83. The maximum atomic E-state index is 2.47. The van der Waals surface area contributed by atoms with Crippen molar-refractivity contribution in [2.75, 3.05) is 7.05 Å². The van der Waals surface area contributed by atoms with Gasteiger partial charge in [0.05, 0.1) is 0 Å². The Morgan fingerprint density at radius 2 is 1.54 bits per heavy atom. The van der Waals surface area contributed by atoms with Gasteiger partial charge in [-0.2, -0.15) is 0 Å². The van der Waals surface area contributed by atoms with E-state index in [1.807, 2.05) is 0 Å². The zero-order chi connectivity index (χ0) is 10.9. The van der Waals surface area contributed by atoms with Crippen molar-refractivity contribution in [1.29, 1.82) is 0 Å². The molecule has 0 atom stereocenters. The molecule has 0 rings (SSSR count). The van der Waals surface area contributed by atoms with Crippen molar-refractivity contribution in [3.8, 4) is 0 Å². The molecule has 2 heteroatoms. The first-order valence-corrected chi connectivity index (χ1v) is 5.74. The van der Waals surface area contributed by atoms with Gasteiger partial charge in [-0.15, -0.1) is 0 Å².